The monoisotopic (exact) mass is 265 g/mol. The minimum absolute atomic E-state index is 0.0824. The van der Waals surface area contributed by atoms with Crippen LogP contribution < -0.4 is 15.4 Å². The number of nitrogens with zero attached hydrogens (tertiary/aromatic N) is 2. The van der Waals surface area contributed by atoms with Crippen LogP contribution in [0.1, 0.15) is 13.8 Å². The zero-order valence-electron chi connectivity index (χ0n) is 10.8. The Labute approximate surface area is 110 Å². The SMILES string of the molecule is CC(C)(N)CN1C(=O)COc2ccc([N+](=O)[O-])cc21. The van der Waals surface area contributed by atoms with Crippen molar-refractivity contribution in [3.8, 4) is 5.75 Å². The summed E-state index contributed by atoms with van der Waals surface area (Å²) in [6.45, 7) is 3.75. The van der Waals surface area contributed by atoms with E-state index in [2.05, 4.69) is 0 Å². The second-order valence-corrected chi connectivity index (χ2v) is 5.17. The Kier molecular flexibility index (Phi) is 3.15. The van der Waals surface area contributed by atoms with Crippen LogP contribution in [-0.2, 0) is 4.79 Å². The molecule has 0 aliphatic carbocycles. The average molecular weight is 265 g/mol. The molecule has 0 saturated heterocycles. The van der Waals surface area contributed by atoms with Crippen molar-refractivity contribution in [1.29, 1.82) is 0 Å². The van der Waals surface area contributed by atoms with E-state index in [0.717, 1.165) is 0 Å². The van der Waals surface area contributed by atoms with Crippen molar-refractivity contribution in [2.45, 2.75) is 19.4 Å². The van der Waals surface area contributed by atoms with Gasteiger partial charge in [-0.1, -0.05) is 0 Å². The van der Waals surface area contributed by atoms with Crippen molar-refractivity contribution in [3.63, 3.8) is 0 Å². The van der Waals surface area contributed by atoms with Crippen LogP contribution in [0.15, 0.2) is 18.2 Å². The molecule has 19 heavy (non-hydrogen) atoms. The maximum Gasteiger partial charge on any atom is 0.271 e. The van der Waals surface area contributed by atoms with Crippen LogP contribution in [0, 0.1) is 10.1 Å². The fourth-order valence-electron chi connectivity index (χ4n) is 1.88. The largest absolute Gasteiger partial charge is 0.482 e. The van der Waals surface area contributed by atoms with E-state index in [-0.39, 0.29) is 24.7 Å². The third-order valence-electron chi connectivity index (χ3n) is 2.66. The summed E-state index contributed by atoms with van der Waals surface area (Å²) in [7, 11) is 0. The highest BCUT2D eigenvalue weighted by molar-refractivity contribution is 5.98. The van der Waals surface area contributed by atoms with Crippen molar-refractivity contribution in [2.75, 3.05) is 18.1 Å². The molecule has 0 atom stereocenters. The first-order chi connectivity index (χ1) is 8.78. The van der Waals surface area contributed by atoms with Gasteiger partial charge in [0, 0.05) is 24.2 Å². The molecule has 0 spiro atoms. The van der Waals surface area contributed by atoms with Crippen LogP contribution in [-0.4, -0.2) is 29.5 Å². The predicted molar refractivity (Wildman–Crippen MR) is 69.2 cm³/mol. The fourth-order valence-corrected chi connectivity index (χ4v) is 1.88. The third-order valence-corrected chi connectivity index (χ3v) is 2.66. The summed E-state index contributed by atoms with van der Waals surface area (Å²) in [5.74, 6) is 0.195. The number of carbonyl (C=O) groups is 1. The lowest BCUT2D eigenvalue weighted by Crippen LogP contribution is -2.50. The molecule has 102 valence electrons. The summed E-state index contributed by atoms with van der Waals surface area (Å²) in [4.78, 5) is 23.6. The predicted octanol–water partition coefficient (Wildman–Crippen LogP) is 1.06. The summed E-state index contributed by atoms with van der Waals surface area (Å²) in [6.07, 6.45) is 0. The topological polar surface area (TPSA) is 98.7 Å². The summed E-state index contributed by atoms with van der Waals surface area (Å²) in [5, 5.41) is 10.8. The minimum atomic E-state index is -0.602. The molecule has 1 heterocycles. The zero-order valence-corrected chi connectivity index (χ0v) is 10.8. The molecule has 0 fully saturated rings. The van der Waals surface area contributed by atoms with Gasteiger partial charge in [0.25, 0.3) is 11.6 Å². The van der Waals surface area contributed by atoms with Crippen LogP contribution in [0.4, 0.5) is 11.4 Å². The summed E-state index contributed by atoms with van der Waals surface area (Å²) in [6, 6.07) is 4.18. The Balaban J connectivity index is 2.44. The van der Waals surface area contributed by atoms with E-state index in [1.807, 2.05) is 0 Å². The van der Waals surface area contributed by atoms with Crippen LogP contribution in [0.5, 0.6) is 5.75 Å². The van der Waals surface area contributed by atoms with Crippen LogP contribution in [0.25, 0.3) is 0 Å². The van der Waals surface area contributed by atoms with E-state index in [4.69, 9.17) is 10.5 Å². The summed E-state index contributed by atoms with van der Waals surface area (Å²) in [5.41, 5.74) is 5.62. The van der Waals surface area contributed by atoms with Crippen molar-refractivity contribution in [1.82, 2.24) is 0 Å². The molecular weight excluding hydrogens is 250 g/mol. The molecule has 0 aromatic heterocycles. The molecule has 7 nitrogen and oxygen atoms in total. The first kappa shape index (κ1) is 13.3. The Morgan fingerprint density at radius 1 is 1.53 bits per heavy atom. The van der Waals surface area contributed by atoms with Crippen molar-refractivity contribution in [2.24, 2.45) is 5.73 Å². The molecule has 2 rings (SSSR count). The van der Waals surface area contributed by atoms with Crippen molar-refractivity contribution < 1.29 is 14.5 Å². The van der Waals surface area contributed by atoms with Gasteiger partial charge in [0.2, 0.25) is 0 Å². The number of fused-ring (bicyclic) bond motifs is 1. The number of carbonyl (C=O) groups excluding carboxylic acids is 1. The Bertz CT molecular complexity index is 536. The number of nitrogens with two attached hydrogens (primary N) is 1. The van der Waals surface area contributed by atoms with E-state index in [1.54, 1.807) is 13.8 Å². The molecule has 2 N–H and O–H groups in total. The lowest BCUT2D eigenvalue weighted by atomic mass is 10.1. The second-order valence-electron chi connectivity index (χ2n) is 5.17. The molecule has 7 heteroatoms. The molecule has 1 amide bonds. The molecule has 1 aromatic carbocycles. The van der Waals surface area contributed by atoms with E-state index >= 15 is 0 Å². The van der Waals surface area contributed by atoms with Crippen molar-refractivity contribution >= 4 is 17.3 Å². The number of anilines is 1. The van der Waals surface area contributed by atoms with Gasteiger partial charge >= 0.3 is 0 Å². The number of benzene rings is 1. The van der Waals surface area contributed by atoms with Gasteiger partial charge in [-0.25, -0.2) is 0 Å². The Morgan fingerprint density at radius 2 is 2.21 bits per heavy atom. The molecule has 0 saturated carbocycles. The number of amides is 1. The van der Waals surface area contributed by atoms with Gasteiger partial charge in [0.15, 0.2) is 6.61 Å². The highest BCUT2D eigenvalue weighted by atomic mass is 16.6. The highest BCUT2D eigenvalue weighted by Crippen LogP contribution is 2.35. The molecule has 0 bridgehead atoms. The van der Waals surface area contributed by atoms with E-state index in [0.29, 0.717) is 11.4 Å². The van der Waals surface area contributed by atoms with Gasteiger partial charge in [-0.2, -0.15) is 0 Å². The van der Waals surface area contributed by atoms with Gasteiger partial charge in [0.05, 0.1) is 10.6 Å². The van der Waals surface area contributed by atoms with E-state index in [9.17, 15) is 14.9 Å². The number of nitro benzene ring substituents is 1. The van der Waals surface area contributed by atoms with Crippen LogP contribution >= 0.6 is 0 Å². The number of non-ortho nitro benzene ring substituents is 1. The maximum absolute atomic E-state index is 11.9. The zero-order chi connectivity index (χ0) is 14.2. The summed E-state index contributed by atoms with van der Waals surface area (Å²) < 4.78 is 5.26. The van der Waals surface area contributed by atoms with Gasteiger partial charge in [-0.15, -0.1) is 0 Å². The number of hydrogen-bond acceptors (Lipinski definition) is 5. The summed E-state index contributed by atoms with van der Waals surface area (Å²) >= 11 is 0. The normalized spacial score (nSPS) is 14.9. The van der Waals surface area contributed by atoms with Gasteiger partial charge in [0.1, 0.15) is 5.75 Å². The third kappa shape index (κ3) is 2.82. The standard InChI is InChI=1S/C12H15N3O4/c1-12(2,13)7-14-9-5-8(15(17)18)3-4-10(9)19-6-11(14)16/h3-5H,6-7,13H2,1-2H3. The van der Waals surface area contributed by atoms with Gasteiger partial charge in [-0.3, -0.25) is 14.9 Å². The highest BCUT2D eigenvalue weighted by Gasteiger charge is 2.30. The average Bonchev–Trinajstić information content (AvgIpc) is 2.31. The molecule has 1 aliphatic heterocycles. The van der Waals surface area contributed by atoms with Crippen LogP contribution in [0.2, 0.25) is 0 Å². The quantitative estimate of drug-likeness (QED) is 0.650. The number of hydrogen-bond donors (Lipinski definition) is 1. The second kappa shape index (κ2) is 4.51. The van der Waals surface area contributed by atoms with Gasteiger partial charge < -0.3 is 15.4 Å². The maximum atomic E-state index is 11.9. The molecule has 1 aliphatic rings. The lowest BCUT2D eigenvalue weighted by molar-refractivity contribution is -0.384. The molecule has 1 aromatic rings. The first-order valence-electron chi connectivity index (χ1n) is 5.78. The van der Waals surface area contributed by atoms with E-state index < -0.39 is 10.5 Å². The first-order valence-corrected chi connectivity index (χ1v) is 5.78. The molecule has 0 radical (unpaired) electrons. The fraction of sp³-hybridized carbons (Fsp3) is 0.417. The van der Waals surface area contributed by atoms with E-state index in [1.165, 1.54) is 23.1 Å². The molecule has 0 unspecified atom stereocenters. The smallest absolute Gasteiger partial charge is 0.271 e. The number of rotatable bonds is 3. The lowest BCUT2D eigenvalue weighted by Gasteiger charge is -2.33. The van der Waals surface area contributed by atoms with Gasteiger partial charge in [-0.05, 0) is 19.9 Å². The molecular formula is C12H15N3O4. The Hall–Kier alpha value is -2.15. The Morgan fingerprint density at radius 3 is 2.79 bits per heavy atom. The van der Waals surface area contributed by atoms with Crippen molar-refractivity contribution in [3.05, 3.63) is 28.3 Å². The van der Waals surface area contributed by atoms with Crippen LogP contribution in [0.3, 0.4) is 0 Å². The minimum Gasteiger partial charge on any atom is -0.482 e. The number of ether oxygens (including phenoxy) is 1. The number of nitro groups is 1.